The molecule has 0 fully saturated rings. The minimum Gasteiger partial charge on any atom is -0.497 e. The minimum absolute atomic E-state index is 0.119. The summed E-state index contributed by atoms with van der Waals surface area (Å²) in [6.07, 6.45) is 0.991. The van der Waals surface area contributed by atoms with Crippen molar-refractivity contribution >= 4 is 5.91 Å². The van der Waals surface area contributed by atoms with Crippen LogP contribution < -0.4 is 10.1 Å². The summed E-state index contributed by atoms with van der Waals surface area (Å²) in [5.41, 5.74) is 5.51. The average molecular weight is 333 g/mol. The molecule has 2 aromatic carbocycles. The van der Waals surface area contributed by atoms with Crippen LogP contribution in [0.25, 0.3) is 11.3 Å². The zero-order valence-electron chi connectivity index (χ0n) is 14.2. The maximum absolute atomic E-state index is 12.3. The summed E-state index contributed by atoms with van der Waals surface area (Å²) in [6.45, 7) is 2.13. The first-order valence-electron chi connectivity index (χ1n) is 8.33. The molecule has 0 bridgehead atoms. The highest BCUT2D eigenvalue weighted by Crippen LogP contribution is 2.37. The normalized spacial score (nSPS) is 15.8. The number of H-pyrrole nitrogens is 1. The molecular formula is C20H19N3O2. The molecule has 126 valence electrons. The molecule has 1 amide bonds. The smallest absolute Gasteiger partial charge is 0.270 e. The van der Waals surface area contributed by atoms with E-state index in [0.717, 1.165) is 34.6 Å². The number of amides is 1. The first-order valence-corrected chi connectivity index (χ1v) is 8.33. The summed E-state index contributed by atoms with van der Waals surface area (Å²) in [6, 6.07) is 15.9. The van der Waals surface area contributed by atoms with Gasteiger partial charge in [-0.25, -0.2) is 0 Å². The minimum atomic E-state index is -0.191. The van der Waals surface area contributed by atoms with E-state index < -0.39 is 0 Å². The van der Waals surface area contributed by atoms with Crippen LogP contribution in [0, 0.1) is 0 Å². The maximum Gasteiger partial charge on any atom is 0.270 e. The fourth-order valence-corrected chi connectivity index (χ4v) is 3.24. The molecule has 4 rings (SSSR count). The third kappa shape index (κ3) is 2.58. The summed E-state index contributed by atoms with van der Waals surface area (Å²) < 4.78 is 5.21. The van der Waals surface area contributed by atoms with E-state index in [1.807, 2.05) is 24.3 Å². The molecule has 1 aromatic heterocycles. The van der Waals surface area contributed by atoms with Crippen LogP contribution in [0.1, 0.15) is 40.1 Å². The summed E-state index contributed by atoms with van der Waals surface area (Å²) in [5, 5.41) is 10.3. The number of aromatic amines is 1. The number of carbonyl (C=O) groups excluding carboxylic acids is 1. The number of methoxy groups -OCH3 is 1. The van der Waals surface area contributed by atoms with Crippen molar-refractivity contribution in [3.8, 4) is 17.0 Å². The van der Waals surface area contributed by atoms with Gasteiger partial charge in [-0.2, -0.15) is 5.10 Å². The molecule has 3 aromatic rings. The van der Waals surface area contributed by atoms with Crippen LogP contribution >= 0.6 is 0 Å². The van der Waals surface area contributed by atoms with Crippen molar-refractivity contribution in [2.45, 2.75) is 19.4 Å². The highest BCUT2D eigenvalue weighted by atomic mass is 16.5. The van der Waals surface area contributed by atoms with Gasteiger partial charge in [0.05, 0.1) is 18.8 Å². The Labute approximate surface area is 146 Å². The third-order valence-electron chi connectivity index (χ3n) is 4.68. The number of fused-ring (bicyclic) bond motifs is 1. The molecule has 1 aliphatic heterocycles. The van der Waals surface area contributed by atoms with Crippen molar-refractivity contribution < 1.29 is 9.53 Å². The molecule has 0 spiro atoms. The van der Waals surface area contributed by atoms with Gasteiger partial charge >= 0.3 is 0 Å². The largest absolute Gasteiger partial charge is 0.497 e. The zero-order valence-corrected chi connectivity index (χ0v) is 14.2. The third-order valence-corrected chi connectivity index (χ3v) is 4.68. The van der Waals surface area contributed by atoms with Gasteiger partial charge in [-0.1, -0.05) is 31.2 Å². The van der Waals surface area contributed by atoms with E-state index in [9.17, 15) is 4.79 Å². The van der Waals surface area contributed by atoms with Crippen LogP contribution in [0.4, 0.5) is 0 Å². The molecule has 0 saturated heterocycles. The Hall–Kier alpha value is -3.08. The number of ether oxygens (including phenoxy) is 1. The SMILES string of the molecule is CCc1ccc([C@H]2NC(=O)c3[nH]nc(-c4ccc(OC)cc4)c32)cc1. The van der Waals surface area contributed by atoms with Gasteiger partial charge in [0.1, 0.15) is 11.4 Å². The lowest BCUT2D eigenvalue weighted by atomic mass is 9.96. The summed E-state index contributed by atoms with van der Waals surface area (Å²) >= 11 is 0. The number of aryl methyl sites for hydroxylation is 1. The van der Waals surface area contributed by atoms with Crippen molar-refractivity contribution in [3.05, 3.63) is 70.9 Å². The van der Waals surface area contributed by atoms with E-state index in [1.165, 1.54) is 5.56 Å². The Morgan fingerprint density at radius 2 is 1.80 bits per heavy atom. The van der Waals surface area contributed by atoms with Crippen LogP contribution in [-0.2, 0) is 6.42 Å². The van der Waals surface area contributed by atoms with E-state index in [2.05, 4.69) is 46.7 Å². The van der Waals surface area contributed by atoms with Crippen LogP contribution in [0.15, 0.2) is 48.5 Å². The standard InChI is InChI=1S/C20H19N3O2/c1-3-12-4-6-13(7-5-12)17-16-18(22-23-19(16)20(24)21-17)14-8-10-15(25-2)11-9-14/h4-11,17H,3H2,1-2H3,(H,21,24)(H,22,23)/t17-/m1/s1. The van der Waals surface area contributed by atoms with E-state index in [4.69, 9.17) is 4.74 Å². The van der Waals surface area contributed by atoms with Crippen molar-refractivity contribution in [2.24, 2.45) is 0 Å². The monoisotopic (exact) mass is 333 g/mol. The molecule has 0 aliphatic carbocycles. The van der Waals surface area contributed by atoms with Gasteiger partial charge in [0, 0.05) is 11.1 Å². The number of benzene rings is 2. The fraction of sp³-hybridized carbons (Fsp3) is 0.200. The lowest BCUT2D eigenvalue weighted by Crippen LogP contribution is -2.21. The number of aromatic nitrogens is 2. The van der Waals surface area contributed by atoms with Gasteiger partial charge in [0.25, 0.3) is 5.91 Å². The zero-order chi connectivity index (χ0) is 17.4. The number of hydrogen-bond acceptors (Lipinski definition) is 3. The lowest BCUT2D eigenvalue weighted by molar-refractivity contribution is 0.0955. The van der Waals surface area contributed by atoms with Gasteiger partial charge in [0.2, 0.25) is 0 Å². The van der Waals surface area contributed by atoms with Crippen LogP contribution in [0.5, 0.6) is 5.75 Å². The Morgan fingerprint density at radius 3 is 2.44 bits per heavy atom. The Kier molecular flexibility index (Phi) is 3.76. The molecule has 1 aliphatic rings. The fourth-order valence-electron chi connectivity index (χ4n) is 3.24. The topological polar surface area (TPSA) is 67.0 Å². The number of hydrogen-bond donors (Lipinski definition) is 2. The molecule has 25 heavy (non-hydrogen) atoms. The molecular weight excluding hydrogens is 314 g/mol. The van der Waals surface area contributed by atoms with Crippen LogP contribution in [-0.4, -0.2) is 23.2 Å². The van der Waals surface area contributed by atoms with Crippen molar-refractivity contribution in [3.63, 3.8) is 0 Å². The molecule has 0 radical (unpaired) electrons. The van der Waals surface area contributed by atoms with Gasteiger partial charge in [-0.15, -0.1) is 0 Å². The summed E-state index contributed by atoms with van der Waals surface area (Å²) in [7, 11) is 1.64. The lowest BCUT2D eigenvalue weighted by Gasteiger charge is -2.14. The number of nitrogens with zero attached hydrogens (tertiary/aromatic N) is 1. The van der Waals surface area contributed by atoms with Gasteiger partial charge in [-0.3, -0.25) is 9.89 Å². The van der Waals surface area contributed by atoms with Gasteiger partial charge in [0.15, 0.2) is 0 Å². The van der Waals surface area contributed by atoms with Crippen molar-refractivity contribution in [1.29, 1.82) is 0 Å². The number of carbonyl (C=O) groups is 1. The molecule has 2 heterocycles. The average Bonchev–Trinajstić information content (AvgIpc) is 3.23. The van der Waals surface area contributed by atoms with Gasteiger partial charge in [-0.05, 0) is 41.8 Å². The number of rotatable bonds is 4. The molecule has 0 unspecified atom stereocenters. The quantitative estimate of drug-likeness (QED) is 0.768. The molecule has 5 nitrogen and oxygen atoms in total. The van der Waals surface area contributed by atoms with Crippen molar-refractivity contribution in [2.75, 3.05) is 7.11 Å². The first-order chi connectivity index (χ1) is 12.2. The predicted octanol–water partition coefficient (Wildman–Crippen LogP) is 3.48. The second kappa shape index (κ2) is 6.09. The van der Waals surface area contributed by atoms with E-state index in [1.54, 1.807) is 7.11 Å². The van der Waals surface area contributed by atoms with E-state index in [-0.39, 0.29) is 11.9 Å². The second-order valence-corrected chi connectivity index (χ2v) is 6.09. The highest BCUT2D eigenvalue weighted by Gasteiger charge is 2.35. The Morgan fingerprint density at radius 1 is 1.08 bits per heavy atom. The summed E-state index contributed by atoms with van der Waals surface area (Å²) in [4.78, 5) is 12.3. The Balaban J connectivity index is 1.77. The molecule has 1 atom stereocenters. The van der Waals surface area contributed by atoms with E-state index >= 15 is 0 Å². The second-order valence-electron chi connectivity index (χ2n) is 6.09. The van der Waals surface area contributed by atoms with Crippen molar-refractivity contribution in [1.82, 2.24) is 15.5 Å². The molecule has 0 saturated carbocycles. The van der Waals surface area contributed by atoms with Crippen LogP contribution in [0.2, 0.25) is 0 Å². The first kappa shape index (κ1) is 15.4. The van der Waals surface area contributed by atoms with E-state index in [0.29, 0.717) is 5.69 Å². The van der Waals surface area contributed by atoms with Gasteiger partial charge < -0.3 is 10.1 Å². The number of nitrogens with one attached hydrogen (secondary N) is 2. The predicted molar refractivity (Wildman–Crippen MR) is 95.7 cm³/mol. The highest BCUT2D eigenvalue weighted by molar-refractivity contribution is 6.00. The maximum atomic E-state index is 12.3. The van der Waals surface area contributed by atoms with Crippen LogP contribution in [0.3, 0.4) is 0 Å². The Bertz CT molecular complexity index is 911. The molecule has 5 heteroatoms. The molecule has 2 N–H and O–H groups in total. The summed E-state index contributed by atoms with van der Waals surface area (Å²) in [5.74, 6) is 0.670.